The van der Waals surface area contributed by atoms with Gasteiger partial charge in [-0.15, -0.1) is 0 Å². The van der Waals surface area contributed by atoms with Crippen molar-refractivity contribution in [3.05, 3.63) is 0 Å². The number of aliphatic hydroxyl groups excluding tert-OH is 10. The molecule has 3 rings (SSSR count). The molecule has 1 aliphatic carbocycles. The maximum absolute atomic E-state index is 11.4. The SMILES string of the molecule is N[C@@H]1[C@@H](O)[C@@H](O[C@H]2[C@H](NC(CO)CO)C[C@H](N)C(O[C@H]3O[C@H](CNCCO)[C@@H](O)[C@H](O)[C@H]3O)[C@@H]2O)O[C@H](CO)[C@H]1O. The van der Waals surface area contributed by atoms with Crippen molar-refractivity contribution in [1.82, 2.24) is 10.6 Å². The van der Waals surface area contributed by atoms with E-state index in [2.05, 4.69) is 10.6 Å². The molecule has 18 nitrogen and oxygen atoms in total. The number of hydrogen-bond acceptors (Lipinski definition) is 18. The Hall–Kier alpha value is -0.720. The lowest BCUT2D eigenvalue weighted by molar-refractivity contribution is -0.333. The van der Waals surface area contributed by atoms with E-state index in [0.29, 0.717) is 0 Å². The van der Waals surface area contributed by atoms with E-state index >= 15 is 0 Å². The Bertz CT molecular complexity index is 772. The molecule has 0 aromatic heterocycles. The summed E-state index contributed by atoms with van der Waals surface area (Å²) < 4.78 is 22.9. The molecule has 0 bridgehead atoms. The van der Waals surface area contributed by atoms with E-state index in [1.165, 1.54) is 0 Å². The molecule has 0 aromatic carbocycles. The zero-order valence-corrected chi connectivity index (χ0v) is 22.4. The van der Waals surface area contributed by atoms with Gasteiger partial charge in [-0.05, 0) is 6.42 Å². The molecule has 1 saturated carbocycles. The van der Waals surface area contributed by atoms with Crippen LogP contribution in [0.1, 0.15) is 6.42 Å². The van der Waals surface area contributed by atoms with Crippen molar-refractivity contribution in [1.29, 1.82) is 0 Å². The standard InChI is InChI=1S/C23H46N4O14/c24-9-3-10(27-8(5-29)6-30)21(41-22-16(34)13(25)14(32)12(7-31)39-22)19(37)20(9)40-23-18(36)17(35)15(33)11(38-23)4-26-1-2-28/h8-23,26-37H,1-7,24-25H2/t9-,10+,11+,12+,13-,14+,15+,16+,17-,18+,19-,20?,21-,22+,23+/m0/s1. The average Bonchev–Trinajstić information content (AvgIpc) is 2.96. The number of nitrogens with two attached hydrogens (primary N) is 2. The first-order valence-corrected chi connectivity index (χ1v) is 13.6. The number of aliphatic hydroxyl groups is 10. The summed E-state index contributed by atoms with van der Waals surface area (Å²) in [5.74, 6) is 0. The smallest absolute Gasteiger partial charge is 0.187 e. The molecule has 3 aliphatic rings. The molecule has 16 N–H and O–H groups in total. The number of ether oxygens (including phenoxy) is 4. The largest absolute Gasteiger partial charge is 0.395 e. The summed E-state index contributed by atoms with van der Waals surface area (Å²) in [7, 11) is 0. The van der Waals surface area contributed by atoms with Gasteiger partial charge in [0, 0.05) is 25.2 Å². The highest BCUT2D eigenvalue weighted by molar-refractivity contribution is 5.03. The Labute approximate surface area is 236 Å². The second-order valence-corrected chi connectivity index (χ2v) is 10.7. The monoisotopic (exact) mass is 602 g/mol. The zero-order chi connectivity index (χ0) is 30.4. The van der Waals surface area contributed by atoms with Crippen molar-refractivity contribution in [2.24, 2.45) is 11.5 Å². The first-order chi connectivity index (χ1) is 19.5. The van der Waals surface area contributed by atoms with E-state index < -0.39 is 118 Å². The third kappa shape index (κ3) is 8.06. The molecule has 0 amide bonds. The molecule has 41 heavy (non-hydrogen) atoms. The Morgan fingerprint density at radius 1 is 0.732 bits per heavy atom. The molecule has 18 heteroatoms. The molecule has 0 spiro atoms. The molecule has 2 saturated heterocycles. The van der Waals surface area contributed by atoms with E-state index in [4.69, 9.17) is 35.5 Å². The van der Waals surface area contributed by atoms with Gasteiger partial charge in [-0.3, -0.25) is 0 Å². The molecule has 2 aliphatic heterocycles. The van der Waals surface area contributed by atoms with Crippen molar-refractivity contribution in [3.8, 4) is 0 Å². The second-order valence-electron chi connectivity index (χ2n) is 10.7. The molecule has 3 fully saturated rings. The average molecular weight is 603 g/mol. The summed E-state index contributed by atoms with van der Waals surface area (Å²) in [6.07, 6.45) is -17.6. The van der Waals surface area contributed by atoms with E-state index in [1.807, 2.05) is 0 Å². The van der Waals surface area contributed by atoms with E-state index in [9.17, 15) is 46.0 Å². The summed E-state index contributed by atoms with van der Waals surface area (Å²) >= 11 is 0. The fourth-order valence-electron chi connectivity index (χ4n) is 5.28. The van der Waals surface area contributed by atoms with Crippen molar-refractivity contribution in [3.63, 3.8) is 0 Å². The summed E-state index contributed by atoms with van der Waals surface area (Å²) in [5, 5.41) is 107. The predicted octanol–water partition coefficient (Wildman–Crippen LogP) is -8.68. The predicted molar refractivity (Wildman–Crippen MR) is 136 cm³/mol. The fourth-order valence-corrected chi connectivity index (χ4v) is 5.28. The molecule has 0 radical (unpaired) electrons. The van der Waals surface area contributed by atoms with Crippen LogP contribution < -0.4 is 22.1 Å². The Morgan fingerprint density at radius 3 is 1.95 bits per heavy atom. The minimum atomic E-state index is -1.74. The van der Waals surface area contributed by atoms with E-state index in [0.717, 1.165) is 0 Å². The van der Waals surface area contributed by atoms with Crippen molar-refractivity contribution in [2.75, 3.05) is 39.5 Å². The quantitative estimate of drug-likeness (QED) is 0.0870. The van der Waals surface area contributed by atoms with Crippen LogP contribution in [0.4, 0.5) is 0 Å². The van der Waals surface area contributed by atoms with Gasteiger partial charge < -0.3 is 92.1 Å². The number of rotatable bonds is 13. The van der Waals surface area contributed by atoms with Gasteiger partial charge in [-0.1, -0.05) is 0 Å². The minimum Gasteiger partial charge on any atom is -0.395 e. The molecule has 2 heterocycles. The van der Waals surface area contributed by atoms with Crippen molar-refractivity contribution < 1.29 is 70.0 Å². The highest BCUT2D eigenvalue weighted by Crippen LogP contribution is 2.32. The van der Waals surface area contributed by atoms with Crippen LogP contribution in [0.2, 0.25) is 0 Å². The van der Waals surface area contributed by atoms with Gasteiger partial charge in [0.2, 0.25) is 0 Å². The minimum absolute atomic E-state index is 0.000701. The lowest BCUT2D eigenvalue weighted by Crippen LogP contribution is -2.69. The Balaban J connectivity index is 1.81. The van der Waals surface area contributed by atoms with Crippen LogP contribution in [0.15, 0.2) is 0 Å². The number of hydrogen-bond donors (Lipinski definition) is 14. The van der Waals surface area contributed by atoms with Gasteiger partial charge in [-0.25, -0.2) is 0 Å². The van der Waals surface area contributed by atoms with Crippen LogP contribution in [-0.4, -0.2) is 188 Å². The number of nitrogens with one attached hydrogen (secondary N) is 2. The van der Waals surface area contributed by atoms with Crippen LogP contribution in [0.5, 0.6) is 0 Å². The van der Waals surface area contributed by atoms with Gasteiger partial charge >= 0.3 is 0 Å². The summed E-state index contributed by atoms with van der Waals surface area (Å²) in [4.78, 5) is 0. The molecular weight excluding hydrogens is 556 g/mol. The molecule has 15 atom stereocenters. The lowest BCUT2D eigenvalue weighted by atomic mass is 9.83. The Kier molecular flexibility index (Phi) is 13.4. The molecule has 0 aromatic rings. The summed E-state index contributed by atoms with van der Waals surface area (Å²) in [5.41, 5.74) is 12.2. The third-order valence-electron chi connectivity index (χ3n) is 7.73. The van der Waals surface area contributed by atoms with Crippen LogP contribution >= 0.6 is 0 Å². The highest BCUT2D eigenvalue weighted by Gasteiger charge is 2.52. The Morgan fingerprint density at radius 2 is 1.34 bits per heavy atom. The van der Waals surface area contributed by atoms with Crippen molar-refractivity contribution >= 4 is 0 Å². The van der Waals surface area contributed by atoms with Gasteiger partial charge in [0.1, 0.15) is 61.0 Å². The molecule has 242 valence electrons. The molecular formula is C23H46N4O14. The molecule has 1 unspecified atom stereocenters. The summed E-state index contributed by atoms with van der Waals surface area (Å²) in [6, 6.07) is -3.94. The third-order valence-corrected chi connectivity index (χ3v) is 7.73. The van der Waals surface area contributed by atoms with Crippen LogP contribution in [0.3, 0.4) is 0 Å². The van der Waals surface area contributed by atoms with Gasteiger partial charge in [-0.2, -0.15) is 0 Å². The van der Waals surface area contributed by atoms with Gasteiger partial charge in [0.05, 0.1) is 38.5 Å². The van der Waals surface area contributed by atoms with Gasteiger partial charge in [0.15, 0.2) is 12.6 Å². The fraction of sp³-hybridized carbons (Fsp3) is 1.00. The van der Waals surface area contributed by atoms with Crippen LogP contribution in [0.25, 0.3) is 0 Å². The van der Waals surface area contributed by atoms with E-state index in [-0.39, 0.29) is 26.1 Å². The normalized spacial score (nSPS) is 45.7. The summed E-state index contributed by atoms with van der Waals surface area (Å²) in [6.45, 7) is -1.64. The van der Waals surface area contributed by atoms with Crippen molar-refractivity contribution in [2.45, 2.75) is 104 Å². The van der Waals surface area contributed by atoms with Crippen LogP contribution in [0, 0.1) is 0 Å². The zero-order valence-electron chi connectivity index (χ0n) is 22.4. The first kappa shape index (κ1) is 34.8. The first-order valence-electron chi connectivity index (χ1n) is 13.6. The maximum atomic E-state index is 11.4. The maximum Gasteiger partial charge on any atom is 0.187 e. The lowest BCUT2D eigenvalue weighted by Gasteiger charge is -2.49. The van der Waals surface area contributed by atoms with Gasteiger partial charge in [0.25, 0.3) is 0 Å². The topological polar surface area (TPSA) is 315 Å². The van der Waals surface area contributed by atoms with Crippen LogP contribution in [-0.2, 0) is 18.9 Å². The second kappa shape index (κ2) is 15.8. The highest BCUT2D eigenvalue weighted by atomic mass is 16.7. The van der Waals surface area contributed by atoms with E-state index in [1.54, 1.807) is 0 Å².